The van der Waals surface area contributed by atoms with Crippen LogP contribution in [0.1, 0.15) is 16.8 Å². The number of anilines is 2. The summed E-state index contributed by atoms with van der Waals surface area (Å²) in [5, 5.41) is 3.48. The number of carbonyl (C=O) groups excluding carboxylic acids is 2. The molecule has 1 aromatic heterocycles. The molecule has 0 radical (unpaired) electrons. The van der Waals surface area contributed by atoms with Gasteiger partial charge in [0.15, 0.2) is 5.82 Å². The van der Waals surface area contributed by atoms with Crippen LogP contribution in [-0.2, 0) is 9.53 Å². The summed E-state index contributed by atoms with van der Waals surface area (Å²) < 4.78 is 8.49. The fourth-order valence-corrected chi connectivity index (χ4v) is 1.96. The first kappa shape index (κ1) is 14.2. The van der Waals surface area contributed by atoms with E-state index in [9.17, 15) is 9.59 Å². The number of methoxy groups -OCH3 is 1. The Labute approximate surface area is 109 Å². The Morgan fingerprint density at radius 1 is 1.50 bits per heavy atom. The minimum Gasteiger partial charge on any atom is -0.465 e. The van der Waals surface area contributed by atoms with Crippen molar-refractivity contribution in [1.29, 1.82) is 0 Å². The van der Waals surface area contributed by atoms with Crippen molar-refractivity contribution in [3.05, 3.63) is 5.56 Å². The highest BCUT2D eigenvalue weighted by Crippen LogP contribution is 2.27. The number of nitrogen functional groups attached to an aromatic ring is 1. The van der Waals surface area contributed by atoms with Gasteiger partial charge in [-0.2, -0.15) is 4.37 Å². The molecule has 0 aliphatic heterocycles. The summed E-state index contributed by atoms with van der Waals surface area (Å²) in [4.78, 5) is 24.3. The molecular weight excluding hydrogens is 256 g/mol. The molecule has 0 aliphatic rings. The molecule has 8 heteroatoms. The number of hydrogen-bond acceptors (Lipinski definition) is 7. The fraction of sp³-hybridized carbons (Fsp3) is 0.500. The SMILES string of the molecule is COC(=O)c1c(N)nsc1NCCC(=O)N(C)C. The van der Waals surface area contributed by atoms with E-state index in [4.69, 9.17) is 5.73 Å². The zero-order valence-corrected chi connectivity index (χ0v) is 11.3. The zero-order chi connectivity index (χ0) is 13.7. The number of nitrogens with two attached hydrogens (primary N) is 1. The van der Waals surface area contributed by atoms with Gasteiger partial charge in [0.25, 0.3) is 0 Å². The van der Waals surface area contributed by atoms with Crippen LogP contribution in [0.4, 0.5) is 10.8 Å². The number of esters is 1. The Morgan fingerprint density at radius 2 is 2.17 bits per heavy atom. The molecular formula is C10H16N4O3S. The number of ether oxygens (including phenoxy) is 1. The van der Waals surface area contributed by atoms with Gasteiger partial charge in [0.1, 0.15) is 10.6 Å². The van der Waals surface area contributed by atoms with E-state index < -0.39 is 5.97 Å². The quantitative estimate of drug-likeness (QED) is 0.753. The first-order valence-electron chi connectivity index (χ1n) is 5.24. The second-order valence-corrected chi connectivity index (χ2v) is 4.50. The van der Waals surface area contributed by atoms with Crippen LogP contribution >= 0.6 is 11.5 Å². The van der Waals surface area contributed by atoms with Crippen LogP contribution in [0.15, 0.2) is 0 Å². The smallest absolute Gasteiger partial charge is 0.344 e. The molecule has 1 aromatic rings. The molecule has 0 unspecified atom stereocenters. The molecule has 7 nitrogen and oxygen atoms in total. The molecule has 0 aliphatic carbocycles. The summed E-state index contributed by atoms with van der Waals surface area (Å²) in [5.41, 5.74) is 5.80. The van der Waals surface area contributed by atoms with Crippen molar-refractivity contribution >= 4 is 34.2 Å². The number of nitrogens with zero attached hydrogens (tertiary/aromatic N) is 2. The summed E-state index contributed by atoms with van der Waals surface area (Å²) in [6.07, 6.45) is 0.325. The van der Waals surface area contributed by atoms with Gasteiger partial charge in [0, 0.05) is 27.1 Å². The van der Waals surface area contributed by atoms with Crippen LogP contribution in [0.25, 0.3) is 0 Å². The van der Waals surface area contributed by atoms with Gasteiger partial charge in [0.2, 0.25) is 5.91 Å². The third-order valence-corrected chi connectivity index (χ3v) is 3.05. The molecule has 0 spiro atoms. The van der Waals surface area contributed by atoms with E-state index in [1.165, 1.54) is 12.0 Å². The second-order valence-electron chi connectivity index (χ2n) is 3.73. The fourth-order valence-electron chi connectivity index (χ4n) is 1.23. The van der Waals surface area contributed by atoms with Crippen LogP contribution < -0.4 is 11.1 Å². The Balaban J connectivity index is 2.63. The zero-order valence-electron chi connectivity index (χ0n) is 10.5. The van der Waals surface area contributed by atoms with Gasteiger partial charge >= 0.3 is 5.97 Å². The predicted molar refractivity (Wildman–Crippen MR) is 69.7 cm³/mol. The van der Waals surface area contributed by atoms with Crippen molar-refractivity contribution in [2.24, 2.45) is 0 Å². The summed E-state index contributed by atoms with van der Waals surface area (Å²) in [6, 6.07) is 0. The highest BCUT2D eigenvalue weighted by atomic mass is 32.1. The maximum Gasteiger partial charge on any atom is 0.344 e. The normalized spacial score (nSPS) is 9.94. The van der Waals surface area contributed by atoms with Gasteiger partial charge in [-0.15, -0.1) is 0 Å². The highest BCUT2D eigenvalue weighted by molar-refractivity contribution is 7.11. The third-order valence-electron chi connectivity index (χ3n) is 2.23. The number of rotatable bonds is 5. The van der Waals surface area contributed by atoms with Crippen molar-refractivity contribution in [3.8, 4) is 0 Å². The van der Waals surface area contributed by atoms with E-state index >= 15 is 0 Å². The van der Waals surface area contributed by atoms with Crippen LogP contribution in [0.3, 0.4) is 0 Å². The molecule has 0 bridgehead atoms. The van der Waals surface area contributed by atoms with Gasteiger partial charge in [-0.05, 0) is 11.5 Å². The van der Waals surface area contributed by atoms with Crippen molar-refractivity contribution < 1.29 is 14.3 Å². The average Bonchev–Trinajstić information content (AvgIpc) is 2.69. The molecule has 0 saturated heterocycles. The maximum atomic E-state index is 11.5. The minimum atomic E-state index is -0.539. The highest BCUT2D eigenvalue weighted by Gasteiger charge is 2.19. The Morgan fingerprint density at radius 3 is 2.72 bits per heavy atom. The minimum absolute atomic E-state index is 0.000365. The van der Waals surface area contributed by atoms with E-state index in [1.54, 1.807) is 14.1 Å². The first-order valence-corrected chi connectivity index (χ1v) is 6.02. The molecule has 0 atom stereocenters. The molecule has 1 rings (SSSR count). The lowest BCUT2D eigenvalue weighted by Gasteiger charge is -2.10. The topological polar surface area (TPSA) is 97.5 Å². The van der Waals surface area contributed by atoms with Gasteiger partial charge in [0.05, 0.1) is 7.11 Å². The van der Waals surface area contributed by atoms with Crippen molar-refractivity contribution in [2.75, 3.05) is 38.8 Å². The molecule has 18 heavy (non-hydrogen) atoms. The van der Waals surface area contributed by atoms with Crippen LogP contribution in [-0.4, -0.2) is 48.9 Å². The van der Waals surface area contributed by atoms with Crippen molar-refractivity contribution in [1.82, 2.24) is 9.27 Å². The Hall–Kier alpha value is -1.83. The van der Waals surface area contributed by atoms with Gasteiger partial charge in [-0.25, -0.2) is 4.79 Å². The number of hydrogen-bond donors (Lipinski definition) is 2. The monoisotopic (exact) mass is 272 g/mol. The van der Waals surface area contributed by atoms with Crippen molar-refractivity contribution in [2.45, 2.75) is 6.42 Å². The summed E-state index contributed by atoms with van der Waals surface area (Å²) in [7, 11) is 4.65. The molecule has 100 valence electrons. The summed E-state index contributed by atoms with van der Waals surface area (Å²) >= 11 is 1.07. The number of aromatic nitrogens is 1. The van der Waals surface area contributed by atoms with E-state index in [2.05, 4.69) is 14.4 Å². The van der Waals surface area contributed by atoms with E-state index in [0.717, 1.165) is 11.5 Å². The molecule has 0 saturated carbocycles. The molecule has 3 N–H and O–H groups in total. The Kier molecular flexibility index (Phi) is 4.90. The number of amides is 1. The lowest BCUT2D eigenvalue weighted by atomic mass is 10.3. The van der Waals surface area contributed by atoms with E-state index in [1.807, 2.05) is 0 Å². The van der Waals surface area contributed by atoms with Crippen LogP contribution in [0, 0.1) is 0 Å². The number of nitrogens with one attached hydrogen (secondary N) is 1. The molecule has 1 heterocycles. The van der Waals surface area contributed by atoms with Gasteiger partial charge < -0.3 is 20.7 Å². The number of carbonyl (C=O) groups is 2. The summed E-state index contributed by atoms with van der Waals surface area (Å²) in [6.45, 7) is 0.405. The van der Waals surface area contributed by atoms with Crippen LogP contribution in [0.5, 0.6) is 0 Å². The largest absolute Gasteiger partial charge is 0.465 e. The Bertz CT molecular complexity index is 444. The van der Waals surface area contributed by atoms with Gasteiger partial charge in [-0.3, -0.25) is 4.79 Å². The second kappa shape index (κ2) is 6.20. The third kappa shape index (κ3) is 3.33. The molecule has 1 amide bonds. The predicted octanol–water partition coefficient (Wildman–Crippen LogP) is 0.402. The molecule has 0 fully saturated rings. The summed E-state index contributed by atoms with van der Waals surface area (Å²) in [5.74, 6) is -0.407. The van der Waals surface area contributed by atoms with E-state index in [-0.39, 0.29) is 17.3 Å². The first-order chi connectivity index (χ1) is 8.47. The van der Waals surface area contributed by atoms with Gasteiger partial charge in [-0.1, -0.05) is 0 Å². The lowest BCUT2D eigenvalue weighted by Crippen LogP contribution is -2.24. The average molecular weight is 272 g/mol. The molecule has 0 aromatic carbocycles. The maximum absolute atomic E-state index is 11.5. The standard InChI is InChI=1S/C10H16N4O3S/c1-14(2)6(15)4-5-12-9-7(10(16)17-3)8(11)13-18-9/h12H,4-5H2,1-3H3,(H2,11,13). The van der Waals surface area contributed by atoms with Crippen LogP contribution in [0.2, 0.25) is 0 Å². The van der Waals surface area contributed by atoms with Crippen molar-refractivity contribution in [3.63, 3.8) is 0 Å². The lowest BCUT2D eigenvalue weighted by molar-refractivity contribution is -0.128. The van der Waals surface area contributed by atoms with E-state index in [0.29, 0.717) is 18.0 Å².